The molecule has 148 valence electrons. The molecule has 0 saturated heterocycles. The Bertz CT molecular complexity index is 1220. The van der Waals surface area contributed by atoms with Crippen molar-refractivity contribution in [3.05, 3.63) is 58.2 Å². The molecule has 4 rings (SSSR count). The van der Waals surface area contributed by atoms with Gasteiger partial charge in [0.2, 0.25) is 5.91 Å². The Morgan fingerprint density at radius 3 is 2.86 bits per heavy atom. The highest BCUT2D eigenvalue weighted by atomic mass is 32.1. The molecule has 0 aliphatic carbocycles. The normalized spacial score (nSPS) is 11.2. The maximum absolute atomic E-state index is 13.5. The van der Waals surface area contributed by atoms with Gasteiger partial charge >= 0.3 is 0 Å². The summed E-state index contributed by atoms with van der Waals surface area (Å²) in [5, 5.41) is 9.37. The maximum Gasteiger partial charge on any atom is 0.252 e. The first-order chi connectivity index (χ1) is 13.9. The molecule has 0 saturated carbocycles. The lowest BCUT2D eigenvalue weighted by molar-refractivity contribution is -0.116. The Kier molecular flexibility index (Phi) is 5.06. The minimum atomic E-state index is -0.248. The lowest BCUT2D eigenvalue weighted by atomic mass is 10.1. The summed E-state index contributed by atoms with van der Waals surface area (Å²) in [6.45, 7) is 5.57. The van der Waals surface area contributed by atoms with Crippen LogP contribution in [0.5, 0.6) is 0 Å². The lowest BCUT2D eigenvalue weighted by Gasteiger charge is -2.10. The summed E-state index contributed by atoms with van der Waals surface area (Å²) < 4.78 is 15.1. The summed E-state index contributed by atoms with van der Waals surface area (Å²) in [5.74, 6) is 0.180. The number of fused-ring (bicyclic) bond motifs is 1. The summed E-state index contributed by atoms with van der Waals surface area (Å²) >= 11 is 1.34. The Morgan fingerprint density at radius 2 is 2.07 bits per heavy atom. The summed E-state index contributed by atoms with van der Waals surface area (Å²) in [6.07, 6.45) is 2.31. The van der Waals surface area contributed by atoms with Gasteiger partial charge in [-0.25, -0.2) is 18.9 Å². The van der Waals surface area contributed by atoms with E-state index in [0.717, 1.165) is 22.5 Å². The van der Waals surface area contributed by atoms with Gasteiger partial charge in [0.1, 0.15) is 12.1 Å². The van der Waals surface area contributed by atoms with Gasteiger partial charge in [0.25, 0.3) is 5.78 Å². The fourth-order valence-corrected chi connectivity index (χ4v) is 3.94. The summed E-state index contributed by atoms with van der Waals surface area (Å²) in [5.41, 5.74) is 4.85. The number of halogens is 1. The molecule has 0 fully saturated rings. The van der Waals surface area contributed by atoms with E-state index in [4.69, 9.17) is 0 Å². The second-order valence-electron chi connectivity index (χ2n) is 6.78. The van der Waals surface area contributed by atoms with Crippen molar-refractivity contribution in [3.8, 4) is 11.3 Å². The third-order valence-electron chi connectivity index (χ3n) is 4.79. The predicted octanol–water partition coefficient (Wildman–Crippen LogP) is 3.88. The first-order valence-electron chi connectivity index (χ1n) is 9.10. The third-order valence-corrected chi connectivity index (χ3v) is 5.55. The zero-order chi connectivity index (χ0) is 20.5. The summed E-state index contributed by atoms with van der Waals surface area (Å²) in [4.78, 5) is 25.4. The minimum absolute atomic E-state index is 0.126. The molecule has 0 aliphatic rings. The van der Waals surface area contributed by atoms with Crippen molar-refractivity contribution in [1.29, 1.82) is 0 Å². The molecule has 0 radical (unpaired) electrons. The Labute approximate surface area is 170 Å². The molecular formula is C20H19FN6OS. The van der Waals surface area contributed by atoms with E-state index in [0.29, 0.717) is 35.0 Å². The second kappa shape index (κ2) is 7.67. The number of hydrogen-bond donors (Lipinski definition) is 1. The number of anilines is 1. The van der Waals surface area contributed by atoms with E-state index in [2.05, 4.69) is 25.4 Å². The van der Waals surface area contributed by atoms with Crippen molar-refractivity contribution < 1.29 is 9.18 Å². The number of amides is 1. The molecule has 0 bridgehead atoms. The number of carbonyl (C=O) groups excluding carboxylic acids is 1. The third kappa shape index (κ3) is 3.86. The maximum atomic E-state index is 13.5. The number of aryl methyl sites for hydroxylation is 3. The Balaban J connectivity index is 1.43. The quantitative estimate of drug-likeness (QED) is 0.540. The molecule has 1 amide bonds. The highest BCUT2D eigenvalue weighted by Gasteiger charge is 2.14. The Hall–Kier alpha value is -3.20. The molecule has 3 heterocycles. The van der Waals surface area contributed by atoms with E-state index in [1.54, 1.807) is 23.6 Å². The van der Waals surface area contributed by atoms with Crippen LogP contribution in [0, 0.1) is 26.6 Å². The van der Waals surface area contributed by atoms with E-state index in [1.807, 2.05) is 19.2 Å². The number of rotatable bonds is 5. The number of thiazole rings is 1. The zero-order valence-corrected chi connectivity index (χ0v) is 17.0. The highest BCUT2D eigenvalue weighted by molar-refractivity contribution is 7.14. The van der Waals surface area contributed by atoms with Crippen LogP contribution in [0.2, 0.25) is 0 Å². The van der Waals surface area contributed by atoms with Gasteiger partial charge in [-0.2, -0.15) is 10.1 Å². The Morgan fingerprint density at radius 1 is 1.24 bits per heavy atom. The average Bonchev–Trinajstić information content (AvgIpc) is 3.33. The standard InChI is InChI=1S/C20H19FN6OS/c1-11-8-14(4-6-16(11)21)17-9-29-20(25-17)26-18(28)7-5-15-12(2)24-19-22-10-23-27(19)13(15)3/h4,6,8-10H,5,7H2,1-3H3,(H,25,26,28). The van der Waals surface area contributed by atoms with Crippen LogP contribution in [-0.4, -0.2) is 30.5 Å². The number of nitrogens with one attached hydrogen (secondary N) is 1. The van der Waals surface area contributed by atoms with Crippen molar-refractivity contribution in [2.75, 3.05) is 5.32 Å². The van der Waals surface area contributed by atoms with Gasteiger partial charge in [0.15, 0.2) is 5.13 Å². The molecule has 0 aliphatic heterocycles. The van der Waals surface area contributed by atoms with E-state index in [9.17, 15) is 9.18 Å². The molecule has 9 heteroatoms. The number of hydrogen-bond acceptors (Lipinski definition) is 6. The van der Waals surface area contributed by atoms with Crippen molar-refractivity contribution in [2.24, 2.45) is 0 Å². The predicted molar refractivity (Wildman–Crippen MR) is 109 cm³/mol. The molecule has 7 nitrogen and oxygen atoms in total. The van der Waals surface area contributed by atoms with Gasteiger partial charge in [-0.1, -0.05) is 0 Å². The van der Waals surface area contributed by atoms with Crippen LogP contribution in [0.4, 0.5) is 9.52 Å². The topological polar surface area (TPSA) is 85.1 Å². The van der Waals surface area contributed by atoms with Gasteiger partial charge in [0.05, 0.1) is 5.69 Å². The van der Waals surface area contributed by atoms with Crippen molar-refractivity contribution in [2.45, 2.75) is 33.6 Å². The fourth-order valence-electron chi connectivity index (χ4n) is 3.21. The average molecular weight is 410 g/mol. The van der Waals surface area contributed by atoms with Crippen LogP contribution < -0.4 is 5.32 Å². The van der Waals surface area contributed by atoms with Gasteiger partial charge in [-0.3, -0.25) is 4.79 Å². The molecular weight excluding hydrogens is 391 g/mol. The van der Waals surface area contributed by atoms with E-state index in [1.165, 1.54) is 23.7 Å². The van der Waals surface area contributed by atoms with Gasteiger partial charge in [-0.05, 0) is 56.5 Å². The number of nitrogens with zero attached hydrogens (tertiary/aromatic N) is 5. The van der Waals surface area contributed by atoms with Crippen LogP contribution >= 0.6 is 11.3 Å². The monoisotopic (exact) mass is 410 g/mol. The molecule has 4 aromatic rings. The second-order valence-corrected chi connectivity index (χ2v) is 7.64. The first kappa shape index (κ1) is 19.1. The SMILES string of the molecule is Cc1cc(-c2csc(NC(=O)CCc3c(C)nc4ncnn4c3C)n2)ccc1F. The zero-order valence-electron chi connectivity index (χ0n) is 16.2. The number of benzene rings is 1. The number of carbonyl (C=O) groups is 1. The molecule has 1 N–H and O–H groups in total. The van der Waals surface area contributed by atoms with Gasteiger partial charge in [0, 0.05) is 28.8 Å². The minimum Gasteiger partial charge on any atom is -0.302 e. The van der Waals surface area contributed by atoms with Crippen LogP contribution in [0.3, 0.4) is 0 Å². The van der Waals surface area contributed by atoms with Crippen LogP contribution in [0.15, 0.2) is 29.9 Å². The molecule has 3 aromatic heterocycles. The van der Waals surface area contributed by atoms with Crippen LogP contribution in [0.25, 0.3) is 17.0 Å². The van der Waals surface area contributed by atoms with Crippen molar-refractivity contribution in [3.63, 3.8) is 0 Å². The lowest BCUT2D eigenvalue weighted by Crippen LogP contribution is -2.14. The first-order valence-corrected chi connectivity index (χ1v) is 9.98. The largest absolute Gasteiger partial charge is 0.302 e. The van der Waals surface area contributed by atoms with Crippen LogP contribution in [0.1, 0.15) is 28.9 Å². The van der Waals surface area contributed by atoms with Gasteiger partial charge in [-0.15, -0.1) is 11.3 Å². The van der Waals surface area contributed by atoms with Crippen LogP contribution in [-0.2, 0) is 11.2 Å². The molecule has 0 spiro atoms. The fraction of sp³-hybridized carbons (Fsp3) is 0.250. The van der Waals surface area contributed by atoms with Crippen molar-refractivity contribution in [1.82, 2.24) is 24.6 Å². The summed E-state index contributed by atoms with van der Waals surface area (Å²) in [6, 6.07) is 4.85. The van der Waals surface area contributed by atoms with E-state index < -0.39 is 0 Å². The van der Waals surface area contributed by atoms with Gasteiger partial charge < -0.3 is 5.32 Å². The van der Waals surface area contributed by atoms with E-state index >= 15 is 0 Å². The number of aromatic nitrogens is 5. The van der Waals surface area contributed by atoms with Crippen molar-refractivity contribution >= 4 is 28.2 Å². The van der Waals surface area contributed by atoms with E-state index in [-0.39, 0.29) is 11.7 Å². The highest BCUT2D eigenvalue weighted by Crippen LogP contribution is 2.26. The summed E-state index contributed by atoms with van der Waals surface area (Å²) in [7, 11) is 0. The molecule has 0 atom stereocenters. The smallest absolute Gasteiger partial charge is 0.252 e. The molecule has 29 heavy (non-hydrogen) atoms. The molecule has 0 unspecified atom stereocenters. The molecule has 1 aromatic carbocycles.